The number of carbonyl (C=O) groups excluding carboxylic acids is 1. The highest BCUT2D eigenvalue weighted by atomic mass is 32.2. The number of rotatable bonds is 7. The zero-order valence-electron chi connectivity index (χ0n) is 19.8. The molecule has 0 radical (unpaired) electrons. The lowest BCUT2D eigenvalue weighted by molar-refractivity contribution is -0.145. The van der Waals surface area contributed by atoms with Crippen molar-refractivity contribution in [1.29, 1.82) is 0 Å². The van der Waals surface area contributed by atoms with Crippen LogP contribution in [0.25, 0.3) is 27.7 Å². The summed E-state index contributed by atoms with van der Waals surface area (Å²) in [6, 6.07) is 15.3. The number of pyridine rings is 1. The Morgan fingerprint density at radius 1 is 1.05 bits per heavy atom. The number of hydrogen-bond donors (Lipinski definition) is 1. The number of fused-ring (bicyclic) bond motifs is 2. The Morgan fingerprint density at radius 2 is 1.92 bits per heavy atom. The van der Waals surface area contributed by atoms with Gasteiger partial charge in [0, 0.05) is 35.5 Å². The lowest BCUT2D eigenvalue weighted by Crippen LogP contribution is -2.32. The van der Waals surface area contributed by atoms with Crippen LogP contribution in [0.5, 0.6) is 0 Å². The zero-order chi connectivity index (χ0) is 25.4. The number of nitrogens with one attached hydrogen (secondary N) is 1. The standard InChI is InChI=1S/C26H24N6O4S/c33-26(23-8-4-12-27-23)36-15-11-18-16-21-20(22-17-30-32-24(22)9-5-13-29-32)10-14-28-25(21)31(18)37(34,35)19-6-2-1-3-7-19/h1-3,5-7,9-10,13-14,16-17,23,27H,4,8,11-12,15H2/t23-/m0/s1. The molecule has 1 aliphatic rings. The van der Waals surface area contributed by atoms with Gasteiger partial charge in [-0.05, 0) is 61.3 Å². The lowest BCUT2D eigenvalue weighted by Gasteiger charge is -2.13. The Balaban J connectivity index is 1.46. The van der Waals surface area contributed by atoms with Gasteiger partial charge in [-0.1, -0.05) is 18.2 Å². The van der Waals surface area contributed by atoms with Gasteiger partial charge >= 0.3 is 5.97 Å². The summed E-state index contributed by atoms with van der Waals surface area (Å²) in [5.41, 5.74) is 3.14. The summed E-state index contributed by atoms with van der Waals surface area (Å²) in [7, 11) is -3.98. The third-order valence-electron chi connectivity index (χ3n) is 6.56. The number of nitrogens with zero attached hydrogens (tertiary/aromatic N) is 5. The van der Waals surface area contributed by atoms with Crippen molar-refractivity contribution in [2.24, 2.45) is 0 Å². The fourth-order valence-electron chi connectivity index (χ4n) is 4.79. The van der Waals surface area contributed by atoms with Crippen molar-refractivity contribution in [3.8, 4) is 11.1 Å². The van der Waals surface area contributed by atoms with Crippen molar-refractivity contribution < 1.29 is 17.9 Å². The first-order chi connectivity index (χ1) is 18.0. The summed E-state index contributed by atoms with van der Waals surface area (Å²) in [5.74, 6) is -0.316. The van der Waals surface area contributed by atoms with Gasteiger partial charge in [0.2, 0.25) is 0 Å². The largest absolute Gasteiger partial charge is 0.464 e. The van der Waals surface area contributed by atoms with Gasteiger partial charge in [-0.2, -0.15) is 14.8 Å². The van der Waals surface area contributed by atoms with E-state index in [2.05, 4.69) is 20.5 Å². The topological polar surface area (TPSA) is 120 Å². The third-order valence-corrected chi connectivity index (χ3v) is 8.31. The van der Waals surface area contributed by atoms with Gasteiger partial charge in [0.15, 0.2) is 5.65 Å². The predicted octanol–water partition coefficient (Wildman–Crippen LogP) is 2.82. The van der Waals surface area contributed by atoms with Crippen molar-refractivity contribution in [1.82, 2.24) is 29.1 Å². The number of esters is 1. The Hall–Kier alpha value is -4.09. The van der Waals surface area contributed by atoms with E-state index in [9.17, 15) is 13.2 Å². The van der Waals surface area contributed by atoms with E-state index in [1.54, 1.807) is 55.0 Å². The normalized spacial score (nSPS) is 15.9. The molecule has 1 N–H and O–H groups in total. The van der Waals surface area contributed by atoms with Gasteiger partial charge in [-0.3, -0.25) is 4.79 Å². The summed E-state index contributed by atoms with van der Waals surface area (Å²) < 4.78 is 35.9. The van der Waals surface area contributed by atoms with E-state index >= 15 is 0 Å². The lowest BCUT2D eigenvalue weighted by atomic mass is 10.1. The molecule has 1 fully saturated rings. The second-order valence-corrected chi connectivity index (χ2v) is 10.6. The van der Waals surface area contributed by atoms with Gasteiger partial charge in [-0.15, -0.1) is 0 Å². The zero-order valence-corrected chi connectivity index (χ0v) is 20.6. The van der Waals surface area contributed by atoms with Gasteiger partial charge in [-0.25, -0.2) is 17.4 Å². The summed E-state index contributed by atoms with van der Waals surface area (Å²) in [6.45, 7) is 0.838. The van der Waals surface area contributed by atoms with E-state index in [1.807, 2.05) is 18.2 Å². The molecule has 6 rings (SSSR count). The molecular formula is C26H24N6O4S. The van der Waals surface area contributed by atoms with Crippen LogP contribution in [-0.4, -0.2) is 57.4 Å². The molecule has 37 heavy (non-hydrogen) atoms. The molecule has 1 aliphatic heterocycles. The molecule has 0 aliphatic carbocycles. The van der Waals surface area contributed by atoms with E-state index in [1.165, 1.54) is 8.60 Å². The average molecular weight is 517 g/mol. The minimum absolute atomic E-state index is 0.0492. The van der Waals surface area contributed by atoms with E-state index in [0.717, 1.165) is 36.0 Å². The van der Waals surface area contributed by atoms with Crippen LogP contribution in [-0.2, 0) is 26.0 Å². The number of hydrogen-bond acceptors (Lipinski definition) is 8. The van der Waals surface area contributed by atoms with Crippen molar-refractivity contribution in [2.45, 2.75) is 30.2 Å². The molecule has 10 nitrogen and oxygen atoms in total. The van der Waals surface area contributed by atoms with E-state index in [-0.39, 0.29) is 29.9 Å². The van der Waals surface area contributed by atoms with Crippen LogP contribution in [0.3, 0.4) is 0 Å². The van der Waals surface area contributed by atoms with E-state index in [0.29, 0.717) is 16.7 Å². The van der Waals surface area contributed by atoms with E-state index in [4.69, 9.17) is 4.74 Å². The van der Waals surface area contributed by atoms with Crippen LogP contribution in [0, 0.1) is 0 Å². The quantitative estimate of drug-likeness (QED) is 0.328. The number of ether oxygens (including phenoxy) is 1. The maximum Gasteiger partial charge on any atom is 0.323 e. The molecule has 0 bridgehead atoms. The number of carbonyl (C=O) groups is 1. The average Bonchev–Trinajstić information content (AvgIpc) is 3.67. The maximum absolute atomic E-state index is 13.8. The highest BCUT2D eigenvalue weighted by Crippen LogP contribution is 2.34. The second-order valence-electron chi connectivity index (χ2n) is 8.84. The molecule has 1 atom stereocenters. The first-order valence-corrected chi connectivity index (χ1v) is 13.5. The fraction of sp³-hybridized carbons (Fsp3) is 0.231. The Morgan fingerprint density at radius 3 is 2.73 bits per heavy atom. The molecule has 0 saturated carbocycles. The molecule has 0 unspecified atom stereocenters. The first-order valence-electron chi connectivity index (χ1n) is 12.0. The molecule has 0 amide bonds. The summed E-state index contributed by atoms with van der Waals surface area (Å²) in [5, 5.41) is 12.3. The van der Waals surface area contributed by atoms with Crippen LogP contribution in [0.4, 0.5) is 0 Å². The van der Waals surface area contributed by atoms with Crippen LogP contribution in [0.1, 0.15) is 18.5 Å². The van der Waals surface area contributed by atoms with Crippen molar-refractivity contribution >= 4 is 32.5 Å². The third kappa shape index (κ3) is 4.15. The fourth-order valence-corrected chi connectivity index (χ4v) is 6.32. The minimum atomic E-state index is -3.98. The van der Waals surface area contributed by atoms with Gasteiger partial charge in [0.05, 0.1) is 23.2 Å². The molecule has 1 aromatic carbocycles. The van der Waals surface area contributed by atoms with Gasteiger partial charge in [0.1, 0.15) is 6.04 Å². The second kappa shape index (κ2) is 9.41. The monoisotopic (exact) mass is 516 g/mol. The smallest absolute Gasteiger partial charge is 0.323 e. The molecule has 188 valence electrons. The highest BCUT2D eigenvalue weighted by Gasteiger charge is 2.27. The Bertz CT molecular complexity index is 1710. The minimum Gasteiger partial charge on any atom is -0.464 e. The van der Waals surface area contributed by atoms with Gasteiger partial charge in [0.25, 0.3) is 10.0 Å². The van der Waals surface area contributed by atoms with Crippen LogP contribution in [0.2, 0.25) is 0 Å². The van der Waals surface area contributed by atoms with Crippen molar-refractivity contribution in [3.05, 3.63) is 78.9 Å². The number of benzene rings is 1. The maximum atomic E-state index is 13.8. The summed E-state index contributed by atoms with van der Waals surface area (Å²) in [6.07, 6.45) is 6.81. The van der Waals surface area contributed by atoms with Gasteiger partial charge < -0.3 is 10.1 Å². The highest BCUT2D eigenvalue weighted by molar-refractivity contribution is 7.90. The number of aromatic nitrogens is 5. The molecule has 4 aromatic heterocycles. The summed E-state index contributed by atoms with van der Waals surface area (Å²) in [4.78, 5) is 17.0. The molecule has 11 heteroatoms. The van der Waals surface area contributed by atoms with Crippen molar-refractivity contribution in [2.75, 3.05) is 13.2 Å². The first kappa shape index (κ1) is 23.3. The Labute approximate surface area is 212 Å². The molecule has 5 aromatic rings. The molecule has 1 saturated heterocycles. The van der Waals surface area contributed by atoms with Crippen LogP contribution < -0.4 is 5.32 Å². The summed E-state index contributed by atoms with van der Waals surface area (Å²) >= 11 is 0. The molecular weight excluding hydrogens is 492 g/mol. The van der Waals surface area contributed by atoms with Crippen molar-refractivity contribution in [3.63, 3.8) is 0 Å². The SMILES string of the molecule is O=C(OCCc1cc2c(-c3cnn4ncccc34)ccnc2n1S(=O)(=O)c1ccccc1)[C@@H]1CCCN1. The molecule has 5 heterocycles. The predicted molar refractivity (Wildman–Crippen MR) is 136 cm³/mol. The van der Waals surface area contributed by atoms with E-state index < -0.39 is 10.0 Å². The van der Waals surface area contributed by atoms with Crippen LogP contribution >= 0.6 is 0 Å². The Kier molecular flexibility index (Phi) is 5.93. The van der Waals surface area contributed by atoms with Crippen LogP contribution in [0.15, 0.2) is 78.1 Å². The molecule has 0 spiro atoms.